The molecule has 0 saturated heterocycles. The minimum Gasteiger partial charge on any atom is -0.484 e. The molecule has 0 spiro atoms. The van der Waals surface area contributed by atoms with Crippen LogP contribution in [0.25, 0.3) is 10.9 Å². The molecule has 2 N–H and O–H groups in total. The fourth-order valence-corrected chi connectivity index (χ4v) is 2.24. The Kier molecular flexibility index (Phi) is 5.05. The molecule has 1 amide bonds. The van der Waals surface area contributed by atoms with Gasteiger partial charge in [0.25, 0.3) is 11.5 Å². The first-order chi connectivity index (χ1) is 12.7. The molecular weight excluding hydrogens is 332 g/mol. The first-order valence-corrected chi connectivity index (χ1v) is 7.72. The monoisotopic (exact) mass is 346 g/mol. The fourth-order valence-electron chi connectivity index (χ4n) is 2.24. The van der Waals surface area contributed by atoms with Crippen LogP contribution in [0.4, 0.5) is 0 Å². The van der Waals surface area contributed by atoms with E-state index in [9.17, 15) is 9.59 Å². The number of aromatic amines is 1. The molecule has 26 heavy (non-hydrogen) atoms. The number of H-pyrrole nitrogens is 1. The fraction of sp³-hybridized carbons (Fsp3) is 0.0526. The van der Waals surface area contributed by atoms with Gasteiger partial charge in [0.1, 0.15) is 5.75 Å². The lowest BCUT2D eigenvalue weighted by atomic mass is 10.2. The van der Waals surface area contributed by atoms with Crippen molar-refractivity contribution < 1.29 is 9.53 Å². The number of amides is 1. The summed E-state index contributed by atoms with van der Waals surface area (Å²) in [5.41, 5.74) is 3.57. The second kappa shape index (κ2) is 7.77. The van der Waals surface area contributed by atoms with Crippen LogP contribution in [0, 0.1) is 11.3 Å². The molecule has 128 valence electrons. The van der Waals surface area contributed by atoms with Crippen molar-refractivity contribution >= 4 is 23.0 Å². The molecule has 7 nitrogen and oxygen atoms in total. The highest BCUT2D eigenvalue weighted by atomic mass is 16.5. The third-order valence-electron chi connectivity index (χ3n) is 3.53. The maximum Gasteiger partial charge on any atom is 0.277 e. The van der Waals surface area contributed by atoms with E-state index in [0.717, 1.165) is 10.9 Å². The molecule has 1 aromatic heterocycles. The molecule has 0 radical (unpaired) electrons. The van der Waals surface area contributed by atoms with Gasteiger partial charge >= 0.3 is 0 Å². The van der Waals surface area contributed by atoms with Gasteiger partial charge < -0.3 is 9.72 Å². The number of ether oxygens (including phenoxy) is 1. The molecular formula is C19H14N4O3. The summed E-state index contributed by atoms with van der Waals surface area (Å²) in [5.74, 6) is -0.00284. The molecule has 0 atom stereocenters. The van der Waals surface area contributed by atoms with Gasteiger partial charge in [0.15, 0.2) is 6.61 Å². The molecule has 1 heterocycles. The molecule has 2 aromatic carbocycles. The summed E-state index contributed by atoms with van der Waals surface area (Å²) in [6.45, 7) is -0.239. The molecule has 0 saturated carbocycles. The average Bonchev–Trinajstić information content (AvgIpc) is 2.67. The average molecular weight is 346 g/mol. The van der Waals surface area contributed by atoms with Gasteiger partial charge in [-0.3, -0.25) is 9.59 Å². The first kappa shape index (κ1) is 16.9. The summed E-state index contributed by atoms with van der Waals surface area (Å²) in [6, 6.07) is 17.5. The number of benzene rings is 2. The molecule has 0 aliphatic heterocycles. The van der Waals surface area contributed by atoms with Crippen LogP contribution in [0.3, 0.4) is 0 Å². The highest BCUT2D eigenvalue weighted by molar-refractivity contribution is 5.88. The van der Waals surface area contributed by atoms with Crippen molar-refractivity contribution in [1.82, 2.24) is 10.4 Å². The Morgan fingerprint density at radius 1 is 1.23 bits per heavy atom. The topological polar surface area (TPSA) is 107 Å². The van der Waals surface area contributed by atoms with Crippen molar-refractivity contribution in [2.24, 2.45) is 5.10 Å². The van der Waals surface area contributed by atoms with E-state index >= 15 is 0 Å². The van der Waals surface area contributed by atoms with Crippen molar-refractivity contribution in [1.29, 1.82) is 5.26 Å². The number of carbonyl (C=O) groups is 1. The van der Waals surface area contributed by atoms with Gasteiger partial charge in [-0.25, -0.2) is 5.43 Å². The minimum absolute atomic E-state index is 0.239. The van der Waals surface area contributed by atoms with E-state index in [4.69, 9.17) is 10.00 Å². The Morgan fingerprint density at radius 3 is 2.77 bits per heavy atom. The van der Waals surface area contributed by atoms with Crippen molar-refractivity contribution in [3.05, 3.63) is 76.1 Å². The molecule has 0 fully saturated rings. The standard InChI is InChI=1S/C19H14N4O3/c20-10-13-5-7-16(8-6-13)26-12-18(24)23-21-11-15-9-14-3-1-2-4-17(14)22-19(15)25/h1-9,11H,12H2,(H,22,25)(H,23,24)/b21-11+. The van der Waals surface area contributed by atoms with Crippen LogP contribution in [0.5, 0.6) is 5.75 Å². The van der Waals surface area contributed by atoms with Crippen LogP contribution in [-0.2, 0) is 4.79 Å². The summed E-state index contributed by atoms with van der Waals surface area (Å²) >= 11 is 0. The number of nitriles is 1. The highest BCUT2D eigenvalue weighted by Gasteiger charge is 2.03. The van der Waals surface area contributed by atoms with Gasteiger partial charge in [-0.05, 0) is 41.8 Å². The summed E-state index contributed by atoms with van der Waals surface area (Å²) in [4.78, 5) is 26.4. The van der Waals surface area contributed by atoms with Crippen LogP contribution in [0.2, 0.25) is 0 Å². The number of nitrogens with zero attached hydrogens (tertiary/aromatic N) is 2. The van der Waals surface area contributed by atoms with E-state index in [0.29, 0.717) is 16.9 Å². The first-order valence-electron chi connectivity index (χ1n) is 7.72. The van der Waals surface area contributed by atoms with E-state index in [-0.39, 0.29) is 12.2 Å². The Labute approximate surface area is 148 Å². The molecule has 0 bridgehead atoms. The van der Waals surface area contributed by atoms with Crippen LogP contribution in [0.15, 0.2) is 64.5 Å². The Bertz CT molecular complexity index is 1060. The second-order valence-electron chi connectivity index (χ2n) is 5.36. The highest BCUT2D eigenvalue weighted by Crippen LogP contribution is 2.11. The molecule has 3 aromatic rings. The summed E-state index contributed by atoms with van der Waals surface area (Å²) in [5, 5.41) is 13.4. The number of fused-ring (bicyclic) bond motifs is 1. The summed E-state index contributed by atoms with van der Waals surface area (Å²) in [6.07, 6.45) is 1.28. The van der Waals surface area contributed by atoms with Crippen LogP contribution in [-0.4, -0.2) is 23.7 Å². The number of pyridine rings is 1. The molecule has 0 aliphatic rings. The van der Waals surface area contributed by atoms with Crippen molar-refractivity contribution in [3.8, 4) is 11.8 Å². The minimum atomic E-state index is -0.470. The number of rotatable bonds is 5. The maximum absolute atomic E-state index is 12.0. The second-order valence-corrected chi connectivity index (χ2v) is 5.36. The van der Waals surface area contributed by atoms with Gasteiger partial charge in [-0.15, -0.1) is 0 Å². The lowest BCUT2D eigenvalue weighted by molar-refractivity contribution is -0.123. The van der Waals surface area contributed by atoms with E-state index in [1.54, 1.807) is 36.4 Å². The zero-order chi connectivity index (χ0) is 18.4. The molecule has 0 aliphatic carbocycles. The van der Waals surface area contributed by atoms with Gasteiger partial charge in [0.05, 0.1) is 23.4 Å². The van der Waals surface area contributed by atoms with Crippen LogP contribution in [0.1, 0.15) is 11.1 Å². The number of nitrogens with one attached hydrogen (secondary N) is 2. The Balaban J connectivity index is 1.57. The number of hydrogen-bond acceptors (Lipinski definition) is 5. The van der Waals surface area contributed by atoms with E-state index < -0.39 is 5.91 Å². The van der Waals surface area contributed by atoms with E-state index in [1.807, 2.05) is 24.3 Å². The van der Waals surface area contributed by atoms with Gasteiger partial charge in [-0.2, -0.15) is 10.4 Å². The summed E-state index contributed by atoms with van der Waals surface area (Å²) < 4.78 is 5.29. The van der Waals surface area contributed by atoms with Crippen LogP contribution < -0.4 is 15.7 Å². The predicted molar refractivity (Wildman–Crippen MR) is 97.0 cm³/mol. The van der Waals surface area contributed by atoms with Gasteiger partial charge in [0, 0.05) is 5.52 Å². The van der Waals surface area contributed by atoms with Gasteiger partial charge in [0.2, 0.25) is 0 Å². The lowest BCUT2D eigenvalue weighted by Gasteiger charge is -2.04. The third-order valence-corrected chi connectivity index (χ3v) is 3.53. The predicted octanol–water partition coefficient (Wildman–Crippen LogP) is 1.93. The van der Waals surface area contributed by atoms with Gasteiger partial charge in [-0.1, -0.05) is 18.2 Å². The SMILES string of the molecule is N#Cc1ccc(OCC(=O)N/N=C/c2cc3ccccc3[nH]c2=O)cc1. The zero-order valence-corrected chi connectivity index (χ0v) is 13.6. The largest absolute Gasteiger partial charge is 0.484 e. The Hall–Kier alpha value is -3.92. The molecule has 0 unspecified atom stereocenters. The third kappa shape index (κ3) is 4.13. The number of aromatic nitrogens is 1. The number of hydrazone groups is 1. The van der Waals surface area contributed by atoms with E-state index in [2.05, 4.69) is 15.5 Å². The maximum atomic E-state index is 12.0. The van der Waals surface area contributed by atoms with Crippen LogP contribution >= 0.6 is 0 Å². The van der Waals surface area contributed by atoms with Crippen molar-refractivity contribution in [3.63, 3.8) is 0 Å². The lowest BCUT2D eigenvalue weighted by Crippen LogP contribution is -2.25. The number of hydrogen-bond donors (Lipinski definition) is 2. The smallest absolute Gasteiger partial charge is 0.277 e. The van der Waals surface area contributed by atoms with E-state index in [1.165, 1.54) is 6.21 Å². The normalized spacial score (nSPS) is 10.6. The quantitative estimate of drug-likeness (QED) is 0.543. The summed E-state index contributed by atoms with van der Waals surface area (Å²) in [7, 11) is 0. The molecule has 7 heteroatoms. The Morgan fingerprint density at radius 2 is 2.00 bits per heavy atom. The van der Waals surface area contributed by atoms with Crippen molar-refractivity contribution in [2.45, 2.75) is 0 Å². The van der Waals surface area contributed by atoms with Crippen molar-refractivity contribution in [2.75, 3.05) is 6.61 Å². The molecule has 3 rings (SSSR count). The number of para-hydroxylation sites is 1. The zero-order valence-electron chi connectivity index (χ0n) is 13.6. The number of carbonyl (C=O) groups excluding carboxylic acids is 1.